The van der Waals surface area contributed by atoms with E-state index in [1.807, 2.05) is 0 Å². The summed E-state index contributed by atoms with van der Waals surface area (Å²) in [6.07, 6.45) is 1.43. The van der Waals surface area contributed by atoms with Crippen LogP contribution in [0.25, 0.3) is 0 Å². The van der Waals surface area contributed by atoms with Gasteiger partial charge in [-0.1, -0.05) is 12.1 Å². The molecule has 98 valence electrons. The molecule has 1 atom stereocenters. The van der Waals surface area contributed by atoms with Crippen molar-refractivity contribution in [3.8, 4) is 0 Å². The van der Waals surface area contributed by atoms with Crippen LogP contribution in [0.1, 0.15) is 24.5 Å². The van der Waals surface area contributed by atoms with Crippen molar-refractivity contribution in [2.75, 3.05) is 25.4 Å². The van der Waals surface area contributed by atoms with Gasteiger partial charge in [0.25, 0.3) is 0 Å². The summed E-state index contributed by atoms with van der Waals surface area (Å²) in [4.78, 5) is 13.5. The van der Waals surface area contributed by atoms with Gasteiger partial charge >= 0.3 is 6.03 Å². The van der Waals surface area contributed by atoms with Gasteiger partial charge in [-0.3, -0.25) is 0 Å². The fraction of sp³-hybridized carbons (Fsp3) is 0.462. The Balaban J connectivity index is 1.82. The molecular weight excluding hydrogens is 230 g/mol. The lowest BCUT2D eigenvalue weighted by Gasteiger charge is -2.18. The molecule has 2 amide bonds. The Morgan fingerprint density at radius 2 is 1.94 bits per heavy atom. The number of hydrogen-bond acceptors (Lipinski definition) is 3. The zero-order valence-corrected chi connectivity index (χ0v) is 10.3. The Bertz CT molecular complexity index is 399. The Kier molecular flexibility index (Phi) is 4.04. The summed E-state index contributed by atoms with van der Waals surface area (Å²) in [7, 11) is 0. The highest BCUT2D eigenvalue weighted by atomic mass is 16.3. The second-order valence-electron chi connectivity index (χ2n) is 4.56. The van der Waals surface area contributed by atoms with Gasteiger partial charge in [0.15, 0.2) is 0 Å². The Morgan fingerprint density at radius 1 is 1.33 bits per heavy atom. The minimum atomic E-state index is -0.697. The normalized spacial score (nSPS) is 16.6. The number of nitrogens with zero attached hydrogens (tertiary/aromatic N) is 1. The van der Waals surface area contributed by atoms with E-state index >= 15 is 0 Å². The van der Waals surface area contributed by atoms with Crippen LogP contribution in [-0.4, -0.2) is 35.7 Å². The molecule has 1 unspecified atom stereocenters. The third-order valence-electron chi connectivity index (χ3n) is 3.16. The number of amides is 2. The molecule has 1 saturated heterocycles. The number of anilines is 1. The third-order valence-corrected chi connectivity index (χ3v) is 3.16. The van der Waals surface area contributed by atoms with Crippen LogP contribution < -0.4 is 11.1 Å². The van der Waals surface area contributed by atoms with E-state index in [0.29, 0.717) is 5.69 Å². The van der Waals surface area contributed by atoms with Gasteiger partial charge < -0.3 is 21.1 Å². The molecule has 0 spiro atoms. The van der Waals surface area contributed by atoms with Crippen molar-refractivity contribution in [1.82, 2.24) is 10.2 Å². The molecular formula is C13H19N3O2. The standard InChI is InChI=1S/C13H19N3O2/c14-11-5-3-10(4-6-11)12(17)9-15-13(18)16-7-1-2-8-16/h3-6,12,17H,1-2,7-9,14H2,(H,15,18). The molecule has 1 aliphatic rings. The highest BCUT2D eigenvalue weighted by Gasteiger charge is 2.18. The number of aliphatic hydroxyl groups excluding tert-OH is 1. The van der Waals surface area contributed by atoms with Crippen molar-refractivity contribution in [1.29, 1.82) is 0 Å². The van der Waals surface area contributed by atoms with E-state index in [4.69, 9.17) is 5.73 Å². The smallest absolute Gasteiger partial charge is 0.317 e. The molecule has 1 aliphatic heterocycles. The number of likely N-dealkylation sites (tertiary alicyclic amines) is 1. The highest BCUT2D eigenvalue weighted by molar-refractivity contribution is 5.74. The predicted molar refractivity (Wildman–Crippen MR) is 70.0 cm³/mol. The van der Waals surface area contributed by atoms with E-state index in [9.17, 15) is 9.90 Å². The molecule has 0 radical (unpaired) electrons. The zero-order valence-electron chi connectivity index (χ0n) is 10.3. The van der Waals surface area contributed by atoms with Crippen LogP contribution in [-0.2, 0) is 0 Å². The number of hydrogen-bond donors (Lipinski definition) is 3. The number of benzene rings is 1. The van der Waals surface area contributed by atoms with Crippen LogP contribution >= 0.6 is 0 Å². The average molecular weight is 249 g/mol. The van der Waals surface area contributed by atoms with E-state index in [1.165, 1.54) is 0 Å². The van der Waals surface area contributed by atoms with Gasteiger partial charge in [-0.25, -0.2) is 4.79 Å². The summed E-state index contributed by atoms with van der Waals surface area (Å²) in [5.41, 5.74) is 6.99. The fourth-order valence-electron chi connectivity index (χ4n) is 2.05. The summed E-state index contributed by atoms with van der Waals surface area (Å²) in [5, 5.41) is 12.7. The van der Waals surface area contributed by atoms with Gasteiger partial charge in [0.1, 0.15) is 0 Å². The molecule has 4 N–H and O–H groups in total. The minimum absolute atomic E-state index is 0.0954. The molecule has 1 fully saturated rings. The number of carbonyl (C=O) groups is 1. The first-order valence-corrected chi connectivity index (χ1v) is 6.23. The molecule has 1 aromatic carbocycles. The average Bonchev–Trinajstić information content (AvgIpc) is 2.90. The maximum atomic E-state index is 11.7. The van der Waals surface area contributed by atoms with Crippen LogP contribution in [0, 0.1) is 0 Å². The maximum absolute atomic E-state index is 11.7. The third kappa shape index (κ3) is 3.13. The van der Waals surface area contributed by atoms with Crippen molar-refractivity contribution in [3.05, 3.63) is 29.8 Å². The Morgan fingerprint density at radius 3 is 2.56 bits per heavy atom. The second-order valence-corrected chi connectivity index (χ2v) is 4.56. The summed E-state index contributed by atoms with van der Waals surface area (Å²) < 4.78 is 0. The van der Waals surface area contributed by atoms with Gasteiger partial charge in [0.05, 0.1) is 6.10 Å². The van der Waals surface area contributed by atoms with E-state index in [2.05, 4.69) is 5.32 Å². The lowest BCUT2D eigenvalue weighted by atomic mass is 10.1. The number of aliphatic hydroxyl groups is 1. The van der Waals surface area contributed by atoms with Crippen LogP contribution in [0.5, 0.6) is 0 Å². The quantitative estimate of drug-likeness (QED) is 0.702. The summed E-state index contributed by atoms with van der Waals surface area (Å²) in [6.45, 7) is 1.84. The molecule has 5 heteroatoms. The lowest BCUT2D eigenvalue weighted by molar-refractivity contribution is 0.165. The first-order valence-electron chi connectivity index (χ1n) is 6.23. The van der Waals surface area contributed by atoms with E-state index in [1.54, 1.807) is 29.2 Å². The minimum Gasteiger partial charge on any atom is -0.399 e. The van der Waals surface area contributed by atoms with E-state index in [-0.39, 0.29) is 12.6 Å². The Hall–Kier alpha value is -1.75. The molecule has 2 rings (SSSR count). The fourth-order valence-corrected chi connectivity index (χ4v) is 2.05. The van der Waals surface area contributed by atoms with Crippen LogP contribution in [0.4, 0.5) is 10.5 Å². The number of carbonyl (C=O) groups excluding carboxylic acids is 1. The Labute approximate surface area is 107 Å². The lowest BCUT2D eigenvalue weighted by Crippen LogP contribution is -2.39. The predicted octanol–water partition coefficient (Wildman–Crippen LogP) is 1.11. The van der Waals surface area contributed by atoms with Gasteiger partial charge in [-0.05, 0) is 30.5 Å². The molecule has 0 saturated carbocycles. The number of rotatable bonds is 3. The molecule has 0 bridgehead atoms. The maximum Gasteiger partial charge on any atom is 0.317 e. The monoisotopic (exact) mass is 249 g/mol. The van der Waals surface area contributed by atoms with Crippen LogP contribution in [0.2, 0.25) is 0 Å². The first-order chi connectivity index (χ1) is 8.66. The molecule has 1 heterocycles. The van der Waals surface area contributed by atoms with Gasteiger partial charge in [-0.15, -0.1) is 0 Å². The molecule has 5 nitrogen and oxygen atoms in total. The first kappa shape index (κ1) is 12.7. The molecule has 0 aromatic heterocycles. The van der Waals surface area contributed by atoms with Crippen molar-refractivity contribution in [2.45, 2.75) is 18.9 Å². The summed E-state index contributed by atoms with van der Waals surface area (Å²) >= 11 is 0. The van der Waals surface area contributed by atoms with Crippen molar-refractivity contribution in [3.63, 3.8) is 0 Å². The summed E-state index contributed by atoms with van der Waals surface area (Å²) in [6, 6.07) is 6.91. The number of nitrogen functional groups attached to an aromatic ring is 1. The summed E-state index contributed by atoms with van der Waals surface area (Å²) in [5.74, 6) is 0. The molecule has 1 aromatic rings. The van der Waals surface area contributed by atoms with Gasteiger partial charge in [0.2, 0.25) is 0 Å². The van der Waals surface area contributed by atoms with Crippen molar-refractivity contribution >= 4 is 11.7 Å². The van der Waals surface area contributed by atoms with Crippen LogP contribution in [0.3, 0.4) is 0 Å². The molecule has 18 heavy (non-hydrogen) atoms. The largest absolute Gasteiger partial charge is 0.399 e. The molecule has 0 aliphatic carbocycles. The number of nitrogens with one attached hydrogen (secondary N) is 1. The van der Waals surface area contributed by atoms with Crippen molar-refractivity contribution < 1.29 is 9.90 Å². The van der Waals surface area contributed by atoms with Gasteiger partial charge in [0, 0.05) is 25.3 Å². The number of urea groups is 1. The van der Waals surface area contributed by atoms with Crippen molar-refractivity contribution in [2.24, 2.45) is 0 Å². The zero-order chi connectivity index (χ0) is 13.0. The second kappa shape index (κ2) is 5.73. The number of nitrogens with two attached hydrogens (primary N) is 1. The SMILES string of the molecule is Nc1ccc(C(O)CNC(=O)N2CCCC2)cc1. The van der Waals surface area contributed by atoms with Crippen LogP contribution in [0.15, 0.2) is 24.3 Å². The van der Waals surface area contributed by atoms with Gasteiger partial charge in [-0.2, -0.15) is 0 Å². The van der Waals surface area contributed by atoms with E-state index < -0.39 is 6.10 Å². The topological polar surface area (TPSA) is 78.6 Å². The highest BCUT2D eigenvalue weighted by Crippen LogP contribution is 2.14. The van der Waals surface area contributed by atoms with E-state index in [0.717, 1.165) is 31.5 Å².